The Morgan fingerprint density at radius 1 is 1.03 bits per heavy atom. The van der Waals surface area contributed by atoms with Crippen LogP contribution in [0.25, 0.3) is 5.69 Å². The topological polar surface area (TPSA) is 85.7 Å². The van der Waals surface area contributed by atoms with Crippen molar-refractivity contribution in [2.75, 3.05) is 37.5 Å². The van der Waals surface area contributed by atoms with Crippen LogP contribution in [0.5, 0.6) is 11.5 Å². The lowest BCUT2D eigenvalue weighted by Crippen LogP contribution is -2.39. The summed E-state index contributed by atoms with van der Waals surface area (Å²) >= 11 is 6.24. The molecule has 1 aliphatic heterocycles. The number of nitrogens with zero attached hydrogens (tertiary/aromatic N) is 3. The van der Waals surface area contributed by atoms with Crippen LogP contribution in [0, 0.1) is 12.8 Å². The minimum Gasteiger partial charge on any atom is -0.493 e. The van der Waals surface area contributed by atoms with Crippen LogP contribution in [0.15, 0.2) is 53.3 Å². The number of amides is 1. The third-order valence-electron chi connectivity index (χ3n) is 6.03. The maximum atomic E-state index is 12.8. The molecule has 0 atom stereocenters. The van der Waals surface area contributed by atoms with Crippen molar-refractivity contribution in [1.29, 1.82) is 0 Å². The molecule has 1 N–H and O–H groups in total. The Balaban J connectivity index is 1.42. The Labute approximate surface area is 203 Å². The molecule has 0 radical (unpaired) electrons. The van der Waals surface area contributed by atoms with Crippen molar-refractivity contribution < 1.29 is 14.3 Å². The van der Waals surface area contributed by atoms with Crippen LogP contribution in [-0.2, 0) is 4.79 Å². The van der Waals surface area contributed by atoms with E-state index in [4.69, 9.17) is 21.1 Å². The summed E-state index contributed by atoms with van der Waals surface area (Å²) in [6.45, 7) is 3.22. The fraction of sp³-hybridized carbons (Fsp3) is 0.320. The quantitative estimate of drug-likeness (QED) is 0.570. The minimum atomic E-state index is -0.229. The summed E-state index contributed by atoms with van der Waals surface area (Å²) in [6, 6.07) is 13.9. The zero-order valence-corrected chi connectivity index (χ0v) is 20.1. The summed E-state index contributed by atoms with van der Waals surface area (Å²) in [7, 11) is 3.13. The summed E-state index contributed by atoms with van der Waals surface area (Å²) in [4.78, 5) is 27.3. The number of anilines is 2. The first-order chi connectivity index (χ1) is 16.4. The van der Waals surface area contributed by atoms with E-state index in [0.717, 1.165) is 5.56 Å². The predicted molar refractivity (Wildman–Crippen MR) is 133 cm³/mol. The smallest absolute Gasteiger partial charge is 0.271 e. The molecule has 1 saturated heterocycles. The Bertz CT molecular complexity index is 1250. The van der Waals surface area contributed by atoms with E-state index in [1.165, 1.54) is 10.7 Å². The van der Waals surface area contributed by atoms with Gasteiger partial charge in [0.2, 0.25) is 5.91 Å². The van der Waals surface area contributed by atoms with Gasteiger partial charge >= 0.3 is 0 Å². The molecular formula is C25H27ClN4O4. The number of nitrogens with one attached hydrogen (secondary N) is 1. The molecule has 0 aliphatic carbocycles. The first kappa shape index (κ1) is 23.6. The Morgan fingerprint density at radius 2 is 1.76 bits per heavy atom. The number of aromatic nitrogens is 2. The van der Waals surface area contributed by atoms with Gasteiger partial charge in [0, 0.05) is 41.9 Å². The number of ether oxygens (including phenoxy) is 2. The van der Waals surface area contributed by atoms with E-state index in [1.54, 1.807) is 44.6 Å². The van der Waals surface area contributed by atoms with E-state index in [1.807, 2.05) is 19.1 Å². The van der Waals surface area contributed by atoms with Gasteiger partial charge in [0.25, 0.3) is 5.56 Å². The Hall–Kier alpha value is -3.52. The zero-order chi connectivity index (χ0) is 24.2. The molecule has 1 fully saturated rings. The minimum absolute atomic E-state index is 0.0286. The summed E-state index contributed by atoms with van der Waals surface area (Å²) in [5.41, 5.74) is 1.98. The predicted octanol–water partition coefficient (Wildman–Crippen LogP) is 4.07. The molecule has 8 nitrogen and oxygen atoms in total. The van der Waals surface area contributed by atoms with Gasteiger partial charge in [-0.2, -0.15) is 4.68 Å². The highest BCUT2D eigenvalue weighted by molar-refractivity contribution is 6.31. The molecule has 2 aromatic carbocycles. The lowest BCUT2D eigenvalue weighted by atomic mass is 9.96. The van der Waals surface area contributed by atoms with Crippen molar-refractivity contribution in [1.82, 2.24) is 9.78 Å². The van der Waals surface area contributed by atoms with Crippen molar-refractivity contribution >= 4 is 29.0 Å². The highest BCUT2D eigenvalue weighted by Crippen LogP contribution is 2.30. The number of hydrogen-bond donors (Lipinski definition) is 1. The third-order valence-corrected chi connectivity index (χ3v) is 6.43. The molecule has 4 rings (SSSR count). The van der Waals surface area contributed by atoms with Crippen LogP contribution < -0.4 is 25.2 Å². The monoisotopic (exact) mass is 482 g/mol. The highest BCUT2D eigenvalue weighted by Gasteiger charge is 2.26. The van der Waals surface area contributed by atoms with Crippen LogP contribution in [0.2, 0.25) is 5.02 Å². The fourth-order valence-electron chi connectivity index (χ4n) is 4.00. The summed E-state index contributed by atoms with van der Waals surface area (Å²) < 4.78 is 11.9. The number of hydrogen-bond acceptors (Lipinski definition) is 6. The number of methoxy groups -OCH3 is 2. The van der Waals surface area contributed by atoms with Gasteiger partial charge in [-0.15, -0.1) is 5.10 Å². The van der Waals surface area contributed by atoms with Gasteiger partial charge in [-0.05, 0) is 55.7 Å². The van der Waals surface area contributed by atoms with Gasteiger partial charge in [0.1, 0.15) is 5.82 Å². The molecular weight excluding hydrogens is 456 g/mol. The van der Waals surface area contributed by atoms with E-state index < -0.39 is 0 Å². The van der Waals surface area contributed by atoms with E-state index in [0.29, 0.717) is 59.6 Å². The lowest BCUT2D eigenvalue weighted by molar-refractivity contribution is -0.120. The van der Waals surface area contributed by atoms with Crippen LogP contribution in [-0.4, -0.2) is 43.0 Å². The molecule has 9 heteroatoms. The summed E-state index contributed by atoms with van der Waals surface area (Å²) in [6.07, 6.45) is 1.35. The van der Waals surface area contributed by atoms with Gasteiger partial charge in [0.15, 0.2) is 11.5 Å². The molecule has 34 heavy (non-hydrogen) atoms. The number of carbonyl (C=O) groups is 1. The second kappa shape index (κ2) is 10.2. The molecule has 0 bridgehead atoms. The molecule has 0 spiro atoms. The van der Waals surface area contributed by atoms with Gasteiger partial charge in [-0.25, -0.2) is 0 Å². The van der Waals surface area contributed by atoms with E-state index >= 15 is 0 Å². The van der Waals surface area contributed by atoms with Gasteiger partial charge < -0.3 is 19.7 Å². The second-order valence-corrected chi connectivity index (χ2v) is 8.60. The largest absolute Gasteiger partial charge is 0.493 e. The van der Waals surface area contributed by atoms with Crippen molar-refractivity contribution in [2.24, 2.45) is 5.92 Å². The summed E-state index contributed by atoms with van der Waals surface area (Å²) in [5, 5.41) is 8.11. The number of halogens is 1. The molecule has 0 saturated carbocycles. The van der Waals surface area contributed by atoms with Crippen LogP contribution in [0.4, 0.5) is 11.5 Å². The molecule has 1 aliphatic rings. The highest BCUT2D eigenvalue weighted by atomic mass is 35.5. The molecule has 2 heterocycles. The van der Waals surface area contributed by atoms with Gasteiger partial charge in [0.05, 0.1) is 19.9 Å². The lowest BCUT2D eigenvalue weighted by Gasteiger charge is -2.32. The first-order valence-electron chi connectivity index (χ1n) is 11.0. The van der Waals surface area contributed by atoms with Crippen molar-refractivity contribution in [3.8, 4) is 17.2 Å². The average molecular weight is 483 g/mol. The number of carbonyl (C=O) groups excluding carboxylic acids is 1. The maximum absolute atomic E-state index is 12.8. The molecule has 0 unspecified atom stereocenters. The molecule has 1 aromatic heterocycles. The van der Waals surface area contributed by atoms with Gasteiger partial charge in [-0.3, -0.25) is 9.59 Å². The number of piperidine rings is 1. The molecule has 1 amide bonds. The SMILES string of the molecule is COc1ccc(NC(=O)C2CCN(c3ccc(=O)n(-c4ccc(C)c(Cl)c4)n3)CC2)cc1OC. The van der Waals surface area contributed by atoms with Crippen LogP contribution >= 0.6 is 11.6 Å². The Morgan fingerprint density at radius 3 is 2.44 bits per heavy atom. The Kier molecular flexibility index (Phi) is 7.07. The standard InChI is InChI=1S/C25H27ClN4O4/c1-16-4-6-19(15-20(16)26)30-24(31)9-8-23(28-30)29-12-10-17(11-13-29)25(32)27-18-5-7-21(33-2)22(14-18)34-3/h4-9,14-15,17H,10-13H2,1-3H3,(H,27,32). The van der Waals surface area contributed by atoms with Crippen LogP contribution in [0.1, 0.15) is 18.4 Å². The van der Waals surface area contributed by atoms with Crippen LogP contribution in [0.3, 0.4) is 0 Å². The van der Waals surface area contributed by atoms with Crippen molar-refractivity contribution in [3.05, 3.63) is 69.5 Å². The fourth-order valence-corrected chi connectivity index (χ4v) is 4.17. The van der Waals surface area contributed by atoms with E-state index in [9.17, 15) is 9.59 Å². The molecule has 178 valence electrons. The van der Waals surface area contributed by atoms with Crippen molar-refractivity contribution in [2.45, 2.75) is 19.8 Å². The van der Waals surface area contributed by atoms with E-state index in [2.05, 4.69) is 15.3 Å². The molecule has 3 aromatic rings. The first-order valence-corrected chi connectivity index (χ1v) is 11.4. The normalized spacial score (nSPS) is 14.1. The van der Waals surface area contributed by atoms with E-state index in [-0.39, 0.29) is 17.4 Å². The maximum Gasteiger partial charge on any atom is 0.271 e. The zero-order valence-electron chi connectivity index (χ0n) is 19.4. The third kappa shape index (κ3) is 5.02. The summed E-state index contributed by atoms with van der Waals surface area (Å²) in [5.74, 6) is 1.71. The average Bonchev–Trinajstić information content (AvgIpc) is 2.86. The van der Waals surface area contributed by atoms with Crippen molar-refractivity contribution in [3.63, 3.8) is 0 Å². The number of rotatable bonds is 6. The number of benzene rings is 2. The second-order valence-electron chi connectivity index (χ2n) is 8.20. The van der Waals surface area contributed by atoms with Gasteiger partial charge in [-0.1, -0.05) is 17.7 Å². The number of aryl methyl sites for hydroxylation is 1.